The van der Waals surface area contributed by atoms with Gasteiger partial charge in [-0.1, -0.05) is 38.1 Å². The Morgan fingerprint density at radius 3 is 2.67 bits per heavy atom. The second-order valence-corrected chi connectivity index (χ2v) is 6.47. The molecule has 0 amide bonds. The number of carboxylic acids is 1. The summed E-state index contributed by atoms with van der Waals surface area (Å²) in [6, 6.07) is 0. The molecule has 0 radical (unpaired) electrons. The van der Waals surface area contributed by atoms with Crippen molar-refractivity contribution in [3.05, 3.63) is 23.9 Å². The number of rotatable bonds is 4. The maximum absolute atomic E-state index is 11.3. The molecule has 0 aromatic carbocycles. The van der Waals surface area contributed by atoms with Gasteiger partial charge in [0.2, 0.25) is 11.7 Å². The summed E-state index contributed by atoms with van der Waals surface area (Å²) in [6.45, 7) is 6.09. The highest BCUT2D eigenvalue weighted by atomic mass is 16.5. The Kier molecular flexibility index (Phi) is 4.46. The van der Waals surface area contributed by atoms with Gasteiger partial charge < -0.3 is 14.4 Å². The Balaban J connectivity index is 2.26. The second kappa shape index (κ2) is 5.97. The number of allylic oxidation sites excluding steroid dienone is 2. The SMILES string of the molecule is COC(c1noc([C@@H]2CC=CC[C@@H]2C(=O)O)n1)C(C)(C)C. The van der Waals surface area contributed by atoms with E-state index < -0.39 is 11.9 Å². The molecule has 6 heteroatoms. The topological polar surface area (TPSA) is 85.5 Å². The normalized spacial score (nSPS) is 24.0. The van der Waals surface area contributed by atoms with Crippen molar-refractivity contribution in [2.75, 3.05) is 7.11 Å². The third-order valence-electron chi connectivity index (χ3n) is 3.78. The van der Waals surface area contributed by atoms with Crippen LogP contribution in [0.2, 0.25) is 0 Å². The Bertz CT molecular complexity index is 530. The van der Waals surface area contributed by atoms with Gasteiger partial charge in [0.1, 0.15) is 6.10 Å². The van der Waals surface area contributed by atoms with Crippen molar-refractivity contribution < 1.29 is 19.2 Å². The molecule has 1 heterocycles. The largest absolute Gasteiger partial charge is 0.481 e. The first kappa shape index (κ1) is 15.7. The van der Waals surface area contributed by atoms with Crippen LogP contribution in [0.15, 0.2) is 16.7 Å². The molecule has 116 valence electrons. The summed E-state index contributed by atoms with van der Waals surface area (Å²) in [7, 11) is 1.61. The highest BCUT2D eigenvalue weighted by Crippen LogP contribution is 2.37. The van der Waals surface area contributed by atoms with Crippen molar-refractivity contribution >= 4 is 5.97 Å². The summed E-state index contributed by atoms with van der Waals surface area (Å²) in [4.78, 5) is 15.7. The van der Waals surface area contributed by atoms with E-state index in [1.54, 1.807) is 7.11 Å². The highest BCUT2D eigenvalue weighted by Gasteiger charge is 2.36. The van der Waals surface area contributed by atoms with Crippen LogP contribution in [0.1, 0.15) is 57.3 Å². The number of aliphatic carboxylic acids is 1. The molecule has 2 rings (SSSR count). The molecule has 0 saturated carbocycles. The second-order valence-electron chi connectivity index (χ2n) is 6.47. The van der Waals surface area contributed by atoms with Crippen LogP contribution in [0.4, 0.5) is 0 Å². The predicted molar refractivity (Wildman–Crippen MR) is 75.7 cm³/mol. The van der Waals surface area contributed by atoms with Crippen molar-refractivity contribution in [2.24, 2.45) is 11.3 Å². The fourth-order valence-corrected chi connectivity index (χ4v) is 2.71. The quantitative estimate of drug-likeness (QED) is 0.859. The van der Waals surface area contributed by atoms with E-state index in [2.05, 4.69) is 10.1 Å². The molecule has 0 saturated heterocycles. The Morgan fingerprint density at radius 1 is 1.43 bits per heavy atom. The number of hydrogen-bond donors (Lipinski definition) is 1. The van der Waals surface area contributed by atoms with Gasteiger partial charge in [0.25, 0.3) is 0 Å². The first-order chi connectivity index (χ1) is 9.84. The van der Waals surface area contributed by atoms with Crippen LogP contribution >= 0.6 is 0 Å². The van der Waals surface area contributed by atoms with Gasteiger partial charge in [0.15, 0.2) is 0 Å². The summed E-state index contributed by atoms with van der Waals surface area (Å²) in [5.41, 5.74) is -0.172. The molecular weight excluding hydrogens is 272 g/mol. The summed E-state index contributed by atoms with van der Waals surface area (Å²) in [5, 5.41) is 13.3. The first-order valence-electron chi connectivity index (χ1n) is 7.08. The number of carboxylic acid groups (broad SMARTS) is 1. The van der Waals surface area contributed by atoms with Crippen LogP contribution in [0, 0.1) is 11.3 Å². The lowest BCUT2D eigenvalue weighted by Gasteiger charge is -2.26. The third-order valence-corrected chi connectivity index (χ3v) is 3.78. The molecule has 0 aliphatic heterocycles. The van der Waals surface area contributed by atoms with E-state index in [1.807, 2.05) is 32.9 Å². The molecule has 0 bridgehead atoms. The van der Waals surface area contributed by atoms with Crippen LogP contribution in [0.5, 0.6) is 0 Å². The molecule has 1 unspecified atom stereocenters. The molecule has 1 aromatic rings. The average Bonchev–Trinajstić information content (AvgIpc) is 2.87. The Hall–Kier alpha value is -1.69. The van der Waals surface area contributed by atoms with Crippen LogP contribution in [-0.4, -0.2) is 28.3 Å². The van der Waals surface area contributed by atoms with Crippen LogP contribution in [0.3, 0.4) is 0 Å². The summed E-state index contributed by atoms with van der Waals surface area (Å²) in [5.74, 6) is -0.764. The molecule has 6 nitrogen and oxygen atoms in total. The van der Waals surface area contributed by atoms with E-state index in [-0.39, 0.29) is 17.4 Å². The maximum Gasteiger partial charge on any atom is 0.307 e. The van der Waals surface area contributed by atoms with Crippen LogP contribution < -0.4 is 0 Å². The fourth-order valence-electron chi connectivity index (χ4n) is 2.71. The number of ether oxygens (including phenoxy) is 1. The van der Waals surface area contributed by atoms with Crippen molar-refractivity contribution in [3.8, 4) is 0 Å². The van der Waals surface area contributed by atoms with Gasteiger partial charge in [-0.3, -0.25) is 4.79 Å². The molecule has 1 aromatic heterocycles. The molecule has 0 fully saturated rings. The van der Waals surface area contributed by atoms with Crippen LogP contribution in [0.25, 0.3) is 0 Å². The molecule has 1 aliphatic rings. The zero-order valence-electron chi connectivity index (χ0n) is 12.9. The number of carbonyl (C=O) groups is 1. The standard InChI is InChI=1S/C15H22N2O4/c1-15(2,3)11(20-4)12-16-13(21-17-12)9-7-5-6-8-10(9)14(18)19/h5-6,9-11H,7-8H2,1-4H3,(H,18,19)/t9-,10+,11?/m1/s1. The van der Waals surface area contributed by atoms with Gasteiger partial charge >= 0.3 is 5.97 Å². The minimum absolute atomic E-state index is 0.172. The number of hydrogen-bond acceptors (Lipinski definition) is 5. The number of methoxy groups -OCH3 is 1. The van der Waals surface area contributed by atoms with Crippen molar-refractivity contribution in [1.82, 2.24) is 10.1 Å². The molecule has 3 atom stereocenters. The van der Waals surface area contributed by atoms with Crippen LogP contribution in [-0.2, 0) is 9.53 Å². The first-order valence-corrected chi connectivity index (χ1v) is 7.08. The van der Waals surface area contributed by atoms with Crippen molar-refractivity contribution in [1.29, 1.82) is 0 Å². The average molecular weight is 294 g/mol. The summed E-state index contributed by atoms with van der Waals surface area (Å²) in [6.07, 6.45) is 4.65. The Labute approximate surface area is 124 Å². The van der Waals surface area contributed by atoms with E-state index >= 15 is 0 Å². The van der Waals surface area contributed by atoms with Crippen molar-refractivity contribution in [2.45, 2.75) is 45.6 Å². The third kappa shape index (κ3) is 3.32. The van der Waals surface area contributed by atoms with E-state index in [0.29, 0.717) is 24.6 Å². The summed E-state index contributed by atoms with van der Waals surface area (Å²) < 4.78 is 10.8. The van der Waals surface area contributed by atoms with E-state index in [0.717, 1.165) is 0 Å². The number of aromatic nitrogens is 2. The zero-order chi connectivity index (χ0) is 15.6. The number of nitrogens with zero attached hydrogens (tertiary/aromatic N) is 2. The lowest BCUT2D eigenvalue weighted by molar-refractivity contribution is -0.142. The minimum Gasteiger partial charge on any atom is -0.481 e. The van der Waals surface area contributed by atoms with Gasteiger partial charge in [-0.05, 0) is 18.3 Å². The van der Waals surface area contributed by atoms with Gasteiger partial charge in [-0.2, -0.15) is 4.98 Å². The summed E-state index contributed by atoms with van der Waals surface area (Å²) >= 11 is 0. The van der Waals surface area contributed by atoms with Gasteiger partial charge in [-0.25, -0.2) is 0 Å². The molecule has 1 N–H and O–H groups in total. The monoisotopic (exact) mass is 294 g/mol. The Morgan fingerprint density at radius 2 is 2.10 bits per heavy atom. The van der Waals surface area contributed by atoms with E-state index in [9.17, 15) is 9.90 Å². The van der Waals surface area contributed by atoms with E-state index in [1.165, 1.54) is 0 Å². The smallest absolute Gasteiger partial charge is 0.307 e. The molecule has 21 heavy (non-hydrogen) atoms. The van der Waals surface area contributed by atoms with Gasteiger partial charge in [0.05, 0.1) is 11.8 Å². The molecular formula is C15H22N2O4. The lowest BCUT2D eigenvalue weighted by Crippen LogP contribution is -2.24. The highest BCUT2D eigenvalue weighted by molar-refractivity contribution is 5.71. The van der Waals surface area contributed by atoms with Gasteiger partial charge in [-0.15, -0.1) is 0 Å². The lowest BCUT2D eigenvalue weighted by atomic mass is 9.83. The maximum atomic E-state index is 11.3. The molecule has 1 aliphatic carbocycles. The predicted octanol–water partition coefficient (Wildman–Crippen LogP) is 2.94. The minimum atomic E-state index is -0.830. The van der Waals surface area contributed by atoms with Crippen molar-refractivity contribution in [3.63, 3.8) is 0 Å². The molecule has 0 spiro atoms. The van der Waals surface area contributed by atoms with Gasteiger partial charge in [0, 0.05) is 7.11 Å². The fraction of sp³-hybridized carbons (Fsp3) is 0.667. The zero-order valence-corrected chi connectivity index (χ0v) is 12.9. The van der Waals surface area contributed by atoms with E-state index in [4.69, 9.17) is 9.26 Å².